The molecule has 0 bridgehead atoms. The van der Waals surface area contributed by atoms with Gasteiger partial charge in [0.25, 0.3) is 0 Å². The average molecular weight is 241 g/mol. The van der Waals surface area contributed by atoms with Crippen LogP contribution in [0.4, 0.5) is 0 Å². The Kier molecular flexibility index (Phi) is 5.46. The summed E-state index contributed by atoms with van der Waals surface area (Å²) in [7, 11) is 0. The van der Waals surface area contributed by atoms with Crippen molar-refractivity contribution in [3.8, 4) is 0 Å². The van der Waals surface area contributed by atoms with Crippen molar-refractivity contribution in [2.24, 2.45) is 0 Å². The van der Waals surface area contributed by atoms with Crippen LogP contribution < -0.4 is 5.32 Å². The van der Waals surface area contributed by atoms with Crippen molar-refractivity contribution in [1.29, 1.82) is 0 Å². The second-order valence-electron chi connectivity index (χ2n) is 4.32. The summed E-state index contributed by atoms with van der Waals surface area (Å²) in [4.78, 5) is 2.81. The second-order valence-corrected chi connectivity index (χ2v) is 5.78. The second kappa shape index (κ2) is 6.38. The van der Waals surface area contributed by atoms with Gasteiger partial charge >= 0.3 is 0 Å². The van der Waals surface area contributed by atoms with Crippen molar-refractivity contribution in [3.05, 3.63) is 21.4 Å². The van der Waals surface area contributed by atoms with Crippen LogP contribution in [0.15, 0.2) is 6.07 Å². The molecule has 0 amide bonds. The molecule has 1 heterocycles. The summed E-state index contributed by atoms with van der Waals surface area (Å²) in [5, 5.41) is 3.57. The van der Waals surface area contributed by atoms with Crippen LogP contribution in [-0.2, 0) is 4.74 Å². The Balaban J connectivity index is 2.51. The van der Waals surface area contributed by atoms with E-state index in [1.54, 1.807) is 0 Å². The summed E-state index contributed by atoms with van der Waals surface area (Å²) in [5.41, 5.74) is 1.42. The van der Waals surface area contributed by atoms with Gasteiger partial charge in [-0.3, -0.25) is 0 Å². The minimum atomic E-state index is 0.398. The summed E-state index contributed by atoms with van der Waals surface area (Å²) < 4.78 is 5.41. The molecular weight excluding hydrogens is 218 g/mol. The Morgan fingerprint density at radius 2 is 2.06 bits per heavy atom. The van der Waals surface area contributed by atoms with Crippen molar-refractivity contribution < 1.29 is 4.74 Å². The monoisotopic (exact) mass is 241 g/mol. The molecule has 3 heteroatoms. The lowest BCUT2D eigenvalue weighted by Crippen LogP contribution is -2.32. The smallest absolute Gasteiger partial charge is 0.0616 e. The molecule has 0 radical (unpaired) electrons. The van der Waals surface area contributed by atoms with Gasteiger partial charge in [0.05, 0.1) is 6.61 Å². The molecule has 2 unspecified atom stereocenters. The zero-order valence-electron chi connectivity index (χ0n) is 11.0. The highest BCUT2D eigenvalue weighted by Gasteiger charge is 2.13. The number of ether oxygens (including phenoxy) is 1. The van der Waals surface area contributed by atoms with Gasteiger partial charge in [0.15, 0.2) is 0 Å². The van der Waals surface area contributed by atoms with Crippen molar-refractivity contribution >= 4 is 11.3 Å². The minimum Gasteiger partial charge on any atom is -0.380 e. The molecule has 2 atom stereocenters. The molecule has 0 fully saturated rings. The fourth-order valence-corrected chi connectivity index (χ4v) is 2.96. The Morgan fingerprint density at radius 1 is 1.38 bits per heavy atom. The Morgan fingerprint density at radius 3 is 2.56 bits per heavy atom. The van der Waals surface area contributed by atoms with E-state index in [4.69, 9.17) is 4.74 Å². The number of nitrogens with one attached hydrogen (secondary N) is 1. The predicted molar refractivity (Wildman–Crippen MR) is 71.3 cm³/mol. The summed E-state index contributed by atoms with van der Waals surface area (Å²) >= 11 is 1.87. The van der Waals surface area contributed by atoms with E-state index >= 15 is 0 Å². The normalized spacial score (nSPS) is 15.1. The standard InChI is InChI=1S/C13H23NOS/c1-6-15-8-9(2)14-11(4)13-7-10(3)16-12(13)5/h7,9,11,14H,6,8H2,1-5H3. The van der Waals surface area contributed by atoms with Gasteiger partial charge in [-0.05, 0) is 46.2 Å². The summed E-state index contributed by atoms with van der Waals surface area (Å²) in [5.74, 6) is 0. The van der Waals surface area contributed by atoms with E-state index in [1.165, 1.54) is 15.3 Å². The molecule has 0 spiro atoms. The quantitative estimate of drug-likeness (QED) is 0.824. The molecule has 0 aliphatic carbocycles. The Bertz CT molecular complexity index is 322. The van der Waals surface area contributed by atoms with E-state index < -0.39 is 0 Å². The maximum atomic E-state index is 5.41. The largest absolute Gasteiger partial charge is 0.380 e. The third kappa shape index (κ3) is 3.89. The molecule has 16 heavy (non-hydrogen) atoms. The van der Waals surface area contributed by atoms with Gasteiger partial charge in [0.1, 0.15) is 0 Å². The van der Waals surface area contributed by atoms with Gasteiger partial charge in [-0.15, -0.1) is 11.3 Å². The topological polar surface area (TPSA) is 21.3 Å². The maximum Gasteiger partial charge on any atom is 0.0616 e. The number of hydrogen-bond donors (Lipinski definition) is 1. The Hall–Kier alpha value is -0.380. The fourth-order valence-electron chi connectivity index (χ4n) is 1.94. The number of thiophene rings is 1. The summed E-state index contributed by atoms with van der Waals surface area (Å²) in [6, 6.07) is 3.08. The SMILES string of the molecule is CCOCC(C)NC(C)c1cc(C)sc1C. The first kappa shape index (κ1) is 13.7. The third-order valence-corrected chi connectivity index (χ3v) is 3.63. The van der Waals surface area contributed by atoms with Crippen LogP contribution in [0.3, 0.4) is 0 Å². The first-order valence-corrected chi connectivity index (χ1v) is 6.77. The van der Waals surface area contributed by atoms with Gasteiger partial charge in [0.2, 0.25) is 0 Å². The number of hydrogen-bond acceptors (Lipinski definition) is 3. The van der Waals surface area contributed by atoms with Crippen LogP contribution >= 0.6 is 11.3 Å². The zero-order valence-corrected chi connectivity index (χ0v) is 11.8. The number of rotatable bonds is 6. The van der Waals surface area contributed by atoms with Crippen molar-refractivity contribution in [2.45, 2.75) is 46.7 Å². The molecule has 0 aromatic carbocycles. The van der Waals surface area contributed by atoms with E-state index in [0.717, 1.165) is 13.2 Å². The molecule has 1 aromatic heterocycles. The van der Waals surface area contributed by atoms with Gasteiger partial charge < -0.3 is 10.1 Å². The first-order chi connectivity index (χ1) is 7.54. The maximum absolute atomic E-state index is 5.41. The molecule has 1 N–H and O–H groups in total. The number of aryl methyl sites for hydroxylation is 2. The highest BCUT2D eigenvalue weighted by Crippen LogP contribution is 2.26. The molecule has 0 aliphatic rings. The molecule has 0 aliphatic heterocycles. The van der Waals surface area contributed by atoms with Crippen LogP contribution in [0.1, 0.15) is 42.1 Å². The average Bonchev–Trinajstić information content (AvgIpc) is 2.54. The van der Waals surface area contributed by atoms with Crippen LogP contribution in [0.5, 0.6) is 0 Å². The lowest BCUT2D eigenvalue weighted by atomic mass is 10.1. The van der Waals surface area contributed by atoms with E-state index in [0.29, 0.717) is 12.1 Å². The minimum absolute atomic E-state index is 0.398. The fraction of sp³-hybridized carbons (Fsp3) is 0.692. The predicted octanol–water partition coefficient (Wildman–Crippen LogP) is 3.44. The van der Waals surface area contributed by atoms with Gasteiger partial charge in [-0.25, -0.2) is 0 Å². The molecule has 1 rings (SSSR count). The Labute approximate surface area is 103 Å². The summed E-state index contributed by atoms with van der Waals surface area (Å²) in [6.07, 6.45) is 0. The molecular formula is C13H23NOS. The first-order valence-electron chi connectivity index (χ1n) is 5.95. The zero-order chi connectivity index (χ0) is 12.1. The molecule has 0 saturated carbocycles. The summed E-state index contributed by atoms with van der Waals surface area (Å²) in [6.45, 7) is 12.3. The van der Waals surface area contributed by atoms with Gasteiger partial charge in [-0.2, -0.15) is 0 Å². The van der Waals surface area contributed by atoms with E-state index in [-0.39, 0.29) is 0 Å². The van der Waals surface area contributed by atoms with E-state index in [1.807, 2.05) is 18.3 Å². The molecule has 92 valence electrons. The van der Waals surface area contributed by atoms with Crippen molar-refractivity contribution in [3.63, 3.8) is 0 Å². The van der Waals surface area contributed by atoms with Gasteiger partial charge in [0, 0.05) is 28.4 Å². The lowest BCUT2D eigenvalue weighted by molar-refractivity contribution is 0.124. The van der Waals surface area contributed by atoms with Crippen molar-refractivity contribution in [1.82, 2.24) is 5.32 Å². The highest BCUT2D eigenvalue weighted by atomic mass is 32.1. The molecule has 0 saturated heterocycles. The molecule has 1 aromatic rings. The third-order valence-electron chi connectivity index (χ3n) is 2.65. The van der Waals surface area contributed by atoms with Gasteiger partial charge in [-0.1, -0.05) is 0 Å². The van der Waals surface area contributed by atoms with Crippen molar-refractivity contribution in [2.75, 3.05) is 13.2 Å². The van der Waals surface area contributed by atoms with Crippen LogP contribution in [0, 0.1) is 13.8 Å². The van der Waals surface area contributed by atoms with E-state index in [2.05, 4.69) is 39.1 Å². The molecule has 2 nitrogen and oxygen atoms in total. The van der Waals surface area contributed by atoms with Crippen LogP contribution in [-0.4, -0.2) is 19.3 Å². The van der Waals surface area contributed by atoms with E-state index in [9.17, 15) is 0 Å². The lowest BCUT2D eigenvalue weighted by Gasteiger charge is -2.20. The highest BCUT2D eigenvalue weighted by molar-refractivity contribution is 7.12. The van der Waals surface area contributed by atoms with Crippen LogP contribution in [0.25, 0.3) is 0 Å². The van der Waals surface area contributed by atoms with Crippen LogP contribution in [0.2, 0.25) is 0 Å².